The first-order valence-corrected chi connectivity index (χ1v) is 9.42. The maximum atomic E-state index is 12.1. The van der Waals surface area contributed by atoms with Crippen LogP contribution in [0.1, 0.15) is 12.8 Å². The lowest BCUT2D eigenvalue weighted by atomic mass is 10.1. The van der Waals surface area contributed by atoms with Crippen LogP contribution >= 0.6 is 12.4 Å². The van der Waals surface area contributed by atoms with Crippen molar-refractivity contribution in [1.29, 1.82) is 0 Å². The molecule has 2 rings (SSSR count). The Bertz CT molecular complexity index is 729. The number of nitrogens with zero attached hydrogens (tertiary/aromatic N) is 1. The number of rotatable bonds is 7. The van der Waals surface area contributed by atoms with E-state index in [1.165, 1.54) is 0 Å². The fourth-order valence-electron chi connectivity index (χ4n) is 2.61. The molecular formula is C15H21ClF3N3O4S. The van der Waals surface area contributed by atoms with Crippen LogP contribution in [0.25, 0.3) is 0 Å². The summed E-state index contributed by atoms with van der Waals surface area (Å²) in [5.41, 5.74) is 5.56. The highest BCUT2D eigenvalue weighted by atomic mass is 35.5. The zero-order valence-corrected chi connectivity index (χ0v) is 15.9. The number of benzene rings is 1. The smallest absolute Gasteiger partial charge is 0.406 e. The molecule has 1 unspecified atom stereocenters. The van der Waals surface area contributed by atoms with Crippen molar-refractivity contribution in [2.24, 2.45) is 11.7 Å². The monoisotopic (exact) mass is 431 g/mol. The van der Waals surface area contributed by atoms with E-state index in [0.717, 1.165) is 30.7 Å². The van der Waals surface area contributed by atoms with E-state index >= 15 is 0 Å². The number of halogens is 4. The van der Waals surface area contributed by atoms with Gasteiger partial charge in [-0.15, -0.1) is 25.6 Å². The molecule has 0 bridgehead atoms. The van der Waals surface area contributed by atoms with Crippen LogP contribution in [-0.2, 0) is 14.8 Å². The summed E-state index contributed by atoms with van der Waals surface area (Å²) in [5.74, 6) is -0.416. The van der Waals surface area contributed by atoms with Crippen LogP contribution in [0.5, 0.6) is 5.75 Å². The van der Waals surface area contributed by atoms with Gasteiger partial charge in [0.05, 0.1) is 4.90 Å². The normalized spacial score (nSPS) is 17.5. The van der Waals surface area contributed by atoms with Crippen LogP contribution in [-0.4, -0.2) is 51.8 Å². The summed E-state index contributed by atoms with van der Waals surface area (Å²) in [6, 6.07) is 3.81. The largest absolute Gasteiger partial charge is 0.573 e. The highest BCUT2D eigenvalue weighted by molar-refractivity contribution is 7.89. The molecule has 0 aromatic heterocycles. The first kappa shape index (κ1) is 23.5. The molecule has 7 nitrogen and oxygen atoms in total. The molecule has 1 heterocycles. The predicted octanol–water partition coefficient (Wildman–Crippen LogP) is 1.48. The molecule has 3 N–H and O–H groups in total. The molecule has 1 aromatic carbocycles. The number of hydrogen-bond donors (Lipinski definition) is 2. The van der Waals surface area contributed by atoms with E-state index in [9.17, 15) is 26.4 Å². The Morgan fingerprint density at radius 1 is 1.30 bits per heavy atom. The minimum Gasteiger partial charge on any atom is -0.406 e. The van der Waals surface area contributed by atoms with Crippen LogP contribution in [0.4, 0.5) is 13.2 Å². The molecule has 1 amide bonds. The van der Waals surface area contributed by atoms with Crippen molar-refractivity contribution in [2.45, 2.75) is 24.1 Å². The number of sulfonamides is 1. The fourth-order valence-corrected chi connectivity index (χ4v) is 3.64. The minimum atomic E-state index is -4.85. The summed E-state index contributed by atoms with van der Waals surface area (Å²) >= 11 is 0. The lowest BCUT2D eigenvalue weighted by Gasteiger charge is -2.16. The van der Waals surface area contributed by atoms with Gasteiger partial charge < -0.3 is 15.4 Å². The fraction of sp³-hybridized carbons (Fsp3) is 0.533. The molecule has 0 spiro atoms. The van der Waals surface area contributed by atoms with Crippen molar-refractivity contribution in [1.82, 2.24) is 9.62 Å². The Hall–Kier alpha value is -1.56. The quantitative estimate of drug-likeness (QED) is 0.681. The van der Waals surface area contributed by atoms with E-state index < -0.39 is 22.1 Å². The molecule has 1 aromatic rings. The number of carbonyl (C=O) groups is 1. The topological polar surface area (TPSA) is 102 Å². The van der Waals surface area contributed by atoms with E-state index in [2.05, 4.69) is 9.46 Å². The first-order chi connectivity index (χ1) is 12.1. The molecule has 1 atom stereocenters. The van der Waals surface area contributed by atoms with Crippen molar-refractivity contribution < 1.29 is 31.1 Å². The Kier molecular flexibility index (Phi) is 8.33. The molecule has 1 aliphatic rings. The lowest BCUT2D eigenvalue weighted by molar-refractivity contribution is -0.274. The van der Waals surface area contributed by atoms with E-state index in [4.69, 9.17) is 5.73 Å². The summed E-state index contributed by atoms with van der Waals surface area (Å²) in [6.07, 6.45) is -4.02. The third kappa shape index (κ3) is 7.17. The second-order valence-electron chi connectivity index (χ2n) is 5.90. The number of nitrogens with one attached hydrogen (secondary N) is 1. The second-order valence-corrected chi connectivity index (χ2v) is 7.66. The molecule has 1 saturated heterocycles. The molecular weight excluding hydrogens is 411 g/mol. The van der Waals surface area contributed by atoms with Crippen LogP contribution in [0.3, 0.4) is 0 Å². The average molecular weight is 432 g/mol. The van der Waals surface area contributed by atoms with Crippen molar-refractivity contribution in [2.75, 3.05) is 26.2 Å². The third-order valence-electron chi connectivity index (χ3n) is 3.97. The van der Waals surface area contributed by atoms with Crippen LogP contribution in [0, 0.1) is 5.92 Å². The maximum absolute atomic E-state index is 12.1. The third-order valence-corrected chi connectivity index (χ3v) is 5.45. The standard InChI is InChI=1S/C15H20F3N3O4S.ClH/c16-15(17,18)25-12-1-3-13(4-2-12)26(23,24)20-7-5-14(22)21-8-6-11(9-19)10-21;/h1-4,11,20H,5-10,19H2;1H. The van der Waals surface area contributed by atoms with Crippen LogP contribution in [0.2, 0.25) is 0 Å². The zero-order chi connectivity index (χ0) is 19.4. The lowest BCUT2D eigenvalue weighted by Crippen LogP contribution is -2.33. The van der Waals surface area contributed by atoms with Gasteiger partial charge in [0.1, 0.15) is 5.75 Å². The number of carbonyl (C=O) groups excluding carboxylic acids is 1. The van der Waals surface area contributed by atoms with Crippen LogP contribution < -0.4 is 15.2 Å². The van der Waals surface area contributed by atoms with E-state index in [-0.39, 0.29) is 42.1 Å². The van der Waals surface area contributed by atoms with E-state index in [0.29, 0.717) is 19.6 Å². The number of nitrogens with two attached hydrogens (primary N) is 1. The Balaban J connectivity index is 0.00000364. The summed E-state index contributed by atoms with van der Waals surface area (Å²) in [6.45, 7) is 1.58. The zero-order valence-electron chi connectivity index (χ0n) is 14.2. The van der Waals surface area contributed by atoms with Gasteiger partial charge >= 0.3 is 6.36 Å². The van der Waals surface area contributed by atoms with Crippen molar-refractivity contribution >= 4 is 28.3 Å². The van der Waals surface area contributed by atoms with Gasteiger partial charge in [-0.3, -0.25) is 4.79 Å². The number of hydrogen-bond acceptors (Lipinski definition) is 5. The van der Waals surface area contributed by atoms with Crippen molar-refractivity contribution in [3.8, 4) is 5.75 Å². The van der Waals surface area contributed by atoms with Crippen molar-refractivity contribution in [3.63, 3.8) is 0 Å². The van der Waals surface area contributed by atoms with Gasteiger partial charge in [-0.1, -0.05) is 0 Å². The highest BCUT2D eigenvalue weighted by Gasteiger charge is 2.31. The first-order valence-electron chi connectivity index (χ1n) is 7.94. The molecule has 154 valence electrons. The second kappa shape index (κ2) is 9.58. The number of amides is 1. The molecule has 0 saturated carbocycles. The molecule has 27 heavy (non-hydrogen) atoms. The molecule has 0 aliphatic carbocycles. The van der Waals surface area contributed by atoms with Gasteiger partial charge in [0, 0.05) is 26.1 Å². The Morgan fingerprint density at radius 3 is 2.44 bits per heavy atom. The number of likely N-dealkylation sites (tertiary alicyclic amines) is 1. The molecule has 12 heteroatoms. The van der Waals surface area contributed by atoms with Crippen molar-refractivity contribution in [3.05, 3.63) is 24.3 Å². The van der Waals surface area contributed by atoms with Gasteiger partial charge in [-0.2, -0.15) is 0 Å². The molecule has 1 aliphatic heterocycles. The summed E-state index contributed by atoms with van der Waals surface area (Å²) in [7, 11) is -3.93. The van der Waals surface area contributed by atoms with E-state index in [1.807, 2.05) is 0 Å². The van der Waals surface area contributed by atoms with Gasteiger partial charge in [0.25, 0.3) is 0 Å². The molecule has 0 radical (unpaired) electrons. The predicted molar refractivity (Wildman–Crippen MR) is 93.9 cm³/mol. The van der Waals surface area contributed by atoms with Gasteiger partial charge in [-0.05, 0) is 43.1 Å². The Labute approximate surface area is 161 Å². The van der Waals surface area contributed by atoms with Crippen LogP contribution in [0.15, 0.2) is 29.2 Å². The SMILES string of the molecule is Cl.NCC1CCN(C(=O)CCNS(=O)(=O)c2ccc(OC(F)(F)F)cc2)C1. The summed E-state index contributed by atoms with van der Waals surface area (Å²) in [5, 5.41) is 0. The highest BCUT2D eigenvalue weighted by Crippen LogP contribution is 2.23. The number of alkyl halides is 3. The summed E-state index contributed by atoms with van der Waals surface area (Å²) < 4.78 is 66.5. The van der Waals surface area contributed by atoms with Gasteiger partial charge in [0.15, 0.2) is 0 Å². The number of ether oxygens (including phenoxy) is 1. The Morgan fingerprint density at radius 2 is 1.93 bits per heavy atom. The average Bonchev–Trinajstić information content (AvgIpc) is 3.03. The maximum Gasteiger partial charge on any atom is 0.573 e. The minimum absolute atomic E-state index is 0. The van der Waals surface area contributed by atoms with E-state index in [1.54, 1.807) is 4.90 Å². The summed E-state index contributed by atoms with van der Waals surface area (Å²) in [4.78, 5) is 13.5. The van der Waals surface area contributed by atoms with Gasteiger partial charge in [-0.25, -0.2) is 13.1 Å². The molecule has 1 fully saturated rings. The van der Waals surface area contributed by atoms with Gasteiger partial charge in [0.2, 0.25) is 15.9 Å².